The van der Waals surface area contributed by atoms with Gasteiger partial charge in [0, 0.05) is 31.8 Å². The zero-order valence-corrected chi connectivity index (χ0v) is 17.2. The van der Waals surface area contributed by atoms with E-state index in [2.05, 4.69) is 19.9 Å². The van der Waals surface area contributed by atoms with Gasteiger partial charge in [-0.3, -0.25) is 9.78 Å². The second kappa shape index (κ2) is 8.15. The van der Waals surface area contributed by atoms with E-state index in [9.17, 15) is 9.90 Å². The molecule has 10 nitrogen and oxygen atoms in total. The van der Waals surface area contributed by atoms with Crippen molar-refractivity contribution in [3.8, 4) is 11.5 Å². The lowest BCUT2D eigenvalue weighted by Gasteiger charge is -2.31. The van der Waals surface area contributed by atoms with Crippen molar-refractivity contribution in [3.63, 3.8) is 0 Å². The molecule has 0 amide bonds. The van der Waals surface area contributed by atoms with Crippen LogP contribution in [0.2, 0.25) is 0 Å². The summed E-state index contributed by atoms with van der Waals surface area (Å²) in [4.78, 5) is 33.0. The van der Waals surface area contributed by atoms with Gasteiger partial charge in [-0.25, -0.2) is 15.0 Å². The summed E-state index contributed by atoms with van der Waals surface area (Å²) < 4.78 is 10.6. The van der Waals surface area contributed by atoms with Crippen LogP contribution in [0.3, 0.4) is 0 Å². The maximum atomic E-state index is 12.7. The number of aromatic amines is 1. The Hall–Kier alpha value is -3.40. The summed E-state index contributed by atoms with van der Waals surface area (Å²) >= 11 is 0. The number of aromatic nitrogens is 4. The molecule has 0 aliphatic carbocycles. The van der Waals surface area contributed by atoms with E-state index in [0.29, 0.717) is 54.4 Å². The van der Waals surface area contributed by atoms with Crippen molar-refractivity contribution in [2.75, 3.05) is 50.8 Å². The highest BCUT2D eigenvalue weighted by Gasteiger charge is 2.24. The number of hydrogen-bond donors (Lipinski definition) is 2. The molecule has 0 atom stereocenters. The first-order valence-electron chi connectivity index (χ1n) is 9.61. The number of benzene rings is 1. The highest BCUT2D eigenvalue weighted by Crippen LogP contribution is 2.31. The number of ether oxygens (including phenoxy) is 2. The Morgan fingerprint density at radius 2 is 2.00 bits per heavy atom. The predicted molar refractivity (Wildman–Crippen MR) is 113 cm³/mol. The number of nitrogens with zero attached hydrogens (tertiary/aromatic N) is 5. The van der Waals surface area contributed by atoms with Gasteiger partial charge < -0.3 is 24.4 Å². The molecule has 3 heterocycles. The van der Waals surface area contributed by atoms with Crippen LogP contribution >= 0.6 is 0 Å². The van der Waals surface area contributed by atoms with Crippen LogP contribution in [0.15, 0.2) is 23.3 Å². The van der Waals surface area contributed by atoms with Crippen molar-refractivity contribution in [1.29, 1.82) is 0 Å². The number of likely N-dealkylation sites (N-methyl/N-ethyl adjacent to an activating group) is 1. The number of fused-ring (bicyclic) bond motifs is 2. The molecule has 2 N–H and O–H groups in total. The molecule has 1 aromatic carbocycles. The fourth-order valence-corrected chi connectivity index (χ4v) is 3.71. The van der Waals surface area contributed by atoms with Crippen LogP contribution in [0, 0.1) is 0 Å². The maximum absolute atomic E-state index is 12.7. The van der Waals surface area contributed by atoms with Crippen molar-refractivity contribution in [3.05, 3.63) is 40.1 Å². The van der Waals surface area contributed by atoms with Crippen LogP contribution < -0.4 is 24.8 Å². The average Bonchev–Trinajstić information content (AvgIpc) is 2.77. The summed E-state index contributed by atoms with van der Waals surface area (Å²) in [5.41, 5.74) is 2.22. The zero-order valence-electron chi connectivity index (χ0n) is 17.2. The first kappa shape index (κ1) is 19.9. The third-order valence-corrected chi connectivity index (χ3v) is 5.28. The summed E-state index contributed by atoms with van der Waals surface area (Å²) in [5, 5.41) is 9.66. The van der Waals surface area contributed by atoms with Gasteiger partial charge in [0.05, 0.1) is 44.0 Å². The summed E-state index contributed by atoms with van der Waals surface area (Å²) in [5.74, 6) is 2.30. The Labute approximate surface area is 173 Å². The Morgan fingerprint density at radius 3 is 2.73 bits per heavy atom. The van der Waals surface area contributed by atoms with Crippen LogP contribution in [0.25, 0.3) is 10.9 Å². The fourth-order valence-electron chi connectivity index (χ4n) is 3.71. The van der Waals surface area contributed by atoms with Crippen molar-refractivity contribution >= 4 is 22.7 Å². The number of hydrogen-bond acceptors (Lipinski definition) is 9. The SMILES string of the molecule is COc1cc2nc(N3CCc4c(ncnc4N(C)CCO)C3)[nH]c(=O)c2cc1OC. The molecule has 0 spiro atoms. The Balaban J connectivity index is 1.69. The van der Waals surface area contributed by atoms with E-state index in [1.807, 2.05) is 16.8 Å². The van der Waals surface area contributed by atoms with Crippen LogP contribution in [0.1, 0.15) is 11.3 Å². The number of aliphatic hydroxyl groups excluding tert-OH is 1. The first-order chi connectivity index (χ1) is 14.5. The molecule has 1 aliphatic rings. The van der Waals surface area contributed by atoms with Gasteiger partial charge in [0.2, 0.25) is 5.95 Å². The summed E-state index contributed by atoms with van der Waals surface area (Å²) in [7, 11) is 4.97. The van der Waals surface area contributed by atoms with Crippen molar-refractivity contribution < 1.29 is 14.6 Å². The average molecular weight is 412 g/mol. The van der Waals surface area contributed by atoms with E-state index in [-0.39, 0.29) is 12.2 Å². The van der Waals surface area contributed by atoms with E-state index in [1.54, 1.807) is 19.2 Å². The third-order valence-electron chi connectivity index (χ3n) is 5.28. The normalized spacial score (nSPS) is 13.3. The fraction of sp³-hybridized carbons (Fsp3) is 0.400. The molecule has 1 aliphatic heterocycles. The molecule has 2 aromatic heterocycles. The van der Waals surface area contributed by atoms with Crippen LogP contribution in [-0.4, -0.2) is 66.0 Å². The number of rotatable bonds is 6. The molecule has 0 unspecified atom stereocenters. The lowest BCUT2D eigenvalue weighted by atomic mass is 10.1. The Bertz CT molecular complexity index is 1130. The lowest BCUT2D eigenvalue weighted by molar-refractivity contribution is 0.303. The standard InChI is InChI=1S/C20H24N6O4/c1-25(6-7-27)18-12-4-5-26(10-15(12)21-11-22-18)20-23-14-9-17(30-3)16(29-2)8-13(14)19(28)24-20/h8-9,11,27H,4-7,10H2,1-3H3,(H,23,24,28). The molecule has 0 saturated heterocycles. The largest absolute Gasteiger partial charge is 0.493 e. The lowest BCUT2D eigenvalue weighted by Crippen LogP contribution is -2.35. The minimum atomic E-state index is -0.243. The molecule has 0 bridgehead atoms. The molecule has 0 radical (unpaired) electrons. The van der Waals surface area contributed by atoms with Gasteiger partial charge >= 0.3 is 0 Å². The summed E-state index contributed by atoms with van der Waals surface area (Å²) in [6.45, 7) is 1.71. The van der Waals surface area contributed by atoms with Gasteiger partial charge in [-0.05, 0) is 12.5 Å². The Morgan fingerprint density at radius 1 is 1.23 bits per heavy atom. The maximum Gasteiger partial charge on any atom is 0.260 e. The number of anilines is 2. The molecule has 0 fully saturated rings. The summed E-state index contributed by atoms with van der Waals surface area (Å²) in [6.07, 6.45) is 2.23. The van der Waals surface area contributed by atoms with Crippen molar-refractivity contribution in [2.45, 2.75) is 13.0 Å². The molecule has 3 aromatic rings. The van der Waals surface area contributed by atoms with E-state index in [1.165, 1.54) is 13.4 Å². The van der Waals surface area contributed by atoms with Gasteiger partial charge in [0.25, 0.3) is 5.56 Å². The van der Waals surface area contributed by atoms with Gasteiger partial charge in [-0.2, -0.15) is 0 Å². The second-order valence-electron chi connectivity index (χ2n) is 7.05. The van der Waals surface area contributed by atoms with E-state index < -0.39 is 0 Å². The molecule has 0 saturated carbocycles. The smallest absolute Gasteiger partial charge is 0.260 e. The topological polar surface area (TPSA) is 117 Å². The van der Waals surface area contributed by atoms with Crippen molar-refractivity contribution in [1.82, 2.24) is 19.9 Å². The number of H-pyrrole nitrogens is 1. The Kier molecular flexibility index (Phi) is 5.40. The van der Waals surface area contributed by atoms with E-state index >= 15 is 0 Å². The van der Waals surface area contributed by atoms with Crippen LogP contribution in [-0.2, 0) is 13.0 Å². The molecule has 158 valence electrons. The number of methoxy groups -OCH3 is 2. The van der Waals surface area contributed by atoms with E-state index in [4.69, 9.17) is 9.47 Å². The van der Waals surface area contributed by atoms with Crippen LogP contribution in [0.4, 0.5) is 11.8 Å². The predicted octanol–water partition coefficient (Wildman–Crippen LogP) is 0.721. The quantitative estimate of drug-likeness (QED) is 0.604. The minimum Gasteiger partial charge on any atom is -0.493 e. The third kappa shape index (κ3) is 3.50. The van der Waals surface area contributed by atoms with Gasteiger partial charge in [0.15, 0.2) is 11.5 Å². The van der Waals surface area contributed by atoms with Crippen molar-refractivity contribution in [2.24, 2.45) is 0 Å². The molecule has 4 rings (SSSR count). The minimum absolute atomic E-state index is 0.0535. The number of nitrogens with one attached hydrogen (secondary N) is 1. The monoisotopic (exact) mass is 412 g/mol. The van der Waals surface area contributed by atoms with Crippen LogP contribution in [0.5, 0.6) is 11.5 Å². The van der Waals surface area contributed by atoms with E-state index in [0.717, 1.165) is 17.1 Å². The molecular formula is C20H24N6O4. The highest BCUT2D eigenvalue weighted by molar-refractivity contribution is 5.82. The molecular weight excluding hydrogens is 388 g/mol. The molecule has 10 heteroatoms. The highest BCUT2D eigenvalue weighted by atomic mass is 16.5. The zero-order chi connectivity index (χ0) is 21.3. The molecule has 30 heavy (non-hydrogen) atoms. The first-order valence-corrected chi connectivity index (χ1v) is 9.61. The number of aliphatic hydroxyl groups is 1. The second-order valence-corrected chi connectivity index (χ2v) is 7.05. The van der Waals surface area contributed by atoms with Gasteiger partial charge in [-0.1, -0.05) is 0 Å². The van der Waals surface area contributed by atoms with Gasteiger partial charge in [-0.15, -0.1) is 0 Å². The summed E-state index contributed by atoms with van der Waals surface area (Å²) in [6, 6.07) is 3.33. The van der Waals surface area contributed by atoms with Gasteiger partial charge in [0.1, 0.15) is 12.1 Å².